The van der Waals surface area contributed by atoms with Gasteiger partial charge in [0.2, 0.25) is 0 Å². The lowest BCUT2D eigenvalue weighted by Crippen LogP contribution is -2.43. The number of rotatable bonds is 1. The van der Waals surface area contributed by atoms with Crippen LogP contribution in [0.15, 0.2) is 12.3 Å². The summed E-state index contributed by atoms with van der Waals surface area (Å²) >= 11 is 0. The first-order valence-corrected chi connectivity index (χ1v) is 6.07. The number of hydrogen-bond donors (Lipinski definition) is 3. The Balaban J connectivity index is 0.000000514. The molecule has 3 heterocycles. The number of aliphatic hydroxyl groups is 1. The van der Waals surface area contributed by atoms with Gasteiger partial charge in [-0.2, -0.15) is 0 Å². The average molecular weight is 236 g/mol. The summed E-state index contributed by atoms with van der Waals surface area (Å²) in [4.78, 5) is 6.82. The fourth-order valence-corrected chi connectivity index (χ4v) is 2.39. The van der Waals surface area contributed by atoms with Crippen molar-refractivity contribution in [3.05, 3.63) is 17.8 Å². The van der Waals surface area contributed by atoms with Crippen LogP contribution in [0.2, 0.25) is 0 Å². The molecule has 17 heavy (non-hydrogen) atoms. The van der Waals surface area contributed by atoms with Crippen LogP contribution in [-0.4, -0.2) is 49.9 Å². The van der Waals surface area contributed by atoms with E-state index in [1.54, 1.807) is 0 Å². The number of piperazine rings is 1. The molecule has 2 aliphatic heterocycles. The first-order valence-electron chi connectivity index (χ1n) is 6.07. The second-order valence-electron chi connectivity index (χ2n) is 4.07. The van der Waals surface area contributed by atoms with Crippen LogP contribution in [0.5, 0.6) is 0 Å². The second kappa shape index (κ2) is 5.84. The molecule has 1 aromatic rings. The minimum Gasteiger partial charge on any atom is -0.400 e. The van der Waals surface area contributed by atoms with Gasteiger partial charge in [-0.1, -0.05) is 0 Å². The lowest BCUT2D eigenvalue weighted by atomic mass is 10.1. The van der Waals surface area contributed by atoms with Crippen LogP contribution in [0.25, 0.3) is 0 Å². The SMILES string of the molecule is CO.c1cc(N2CCNCC2)c2c(n1)NCC2. The monoisotopic (exact) mass is 236 g/mol. The molecule has 1 fully saturated rings. The Kier molecular flexibility index (Phi) is 4.17. The van der Waals surface area contributed by atoms with E-state index in [2.05, 4.69) is 26.6 Å². The van der Waals surface area contributed by atoms with Crippen molar-refractivity contribution in [1.29, 1.82) is 0 Å². The summed E-state index contributed by atoms with van der Waals surface area (Å²) in [5, 5.41) is 13.7. The van der Waals surface area contributed by atoms with E-state index in [0.29, 0.717) is 0 Å². The average Bonchev–Trinajstić information content (AvgIpc) is 2.90. The molecule has 0 unspecified atom stereocenters. The fourth-order valence-electron chi connectivity index (χ4n) is 2.39. The van der Waals surface area contributed by atoms with Crippen molar-refractivity contribution in [2.24, 2.45) is 0 Å². The molecular formula is C12H20N4O. The van der Waals surface area contributed by atoms with Crippen molar-refractivity contribution in [2.75, 3.05) is 50.1 Å². The third kappa shape index (κ3) is 2.50. The number of nitrogens with one attached hydrogen (secondary N) is 2. The lowest BCUT2D eigenvalue weighted by molar-refractivity contribution is 0.399. The number of pyridine rings is 1. The first-order chi connectivity index (χ1) is 8.45. The summed E-state index contributed by atoms with van der Waals surface area (Å²) in [6.07, 6.45) is 3.02. The molecular weight excluding hydrogens is 216 g/mol. The smallest absolute Gasteiger partial charge is 0.131 e. The number of fused-ring (bicyclic) bond motifs is 1. The number of aliphatic hydroxyl groups excluding tert-OH is 1. The highest BCUT2D eigenvalue weighted by atomic mass is 16.2. The Morgan fingerprint density at radius 3 is 2.76 bits per heavy atom. The molecule has 0 saturated carbocycles. The maximum Gasteiger partial charge on any atom is 0.131 e. The number of anilines is 2. The fraction of sp³-hybridized carbons (Fsp3) is 0.583. The van der Waals surface area contributed by atoms with E-state index in [1.165, 1.54) is 11.3 Å². The van der Waals surface area contributed by atoms with Gasteiger partial charge in [0, 0.05) is 57.3 Å². The molecule has 0 aliphatic carbocycles. The predicted octanol–water partition coefficient (Wildman–Crippen LogP) is 0.0677. The maximum absolute atomic E-state index is 7.00. The lowest BCUT2D eigenvalue weighted by Gasteiger charge is -2.30. The highest BCUT2D eigenvalue weighted by Gasteiger charge is 2.20. The van der Waals surface area contributed by atoms with Crippen molar-refractivity contribution in [3.63, 3.8) is 0 Å². The third-order valence-corrected chi connectivity index (χ3v) is 3.16. The van der Waals surface area contributed by atoms with Crippen LogP contribution in [0.4, 0.5) is 11.5 Å². The van der Waals surface area contributed by atoms with Gasteiger partial charge in [0.1, 0.15) is 5.82 Å². The zero-order chi connectivity index (χ0) is 12.1. The van der Waals surface area contributed by atoms with Gasteiger partial charge in [-0.15, -0.1) is 0 Å². The predicted molar refractivity (Wildman–Crippen MR) is 69.7 cm³/mol. The highest BCUT2D eigenvalue weighted by molar-refractivity contribution is 5.65. The van der Waals surface area contributed by atoms with Gasteiger partial charge < -0.3 is 20.6 Å². The third-order valence-electron chi connectivity index (χ3n) is 3.16. The normalized spacial score (nSPS) is 17.9. The van der Waals surface area contributed by atoms with Crippen LogP contribution in [0, 0.1) is 0 Å². The molecule has 5 heteroatoms. The Morgan fingerprint density at radius 2 is 2.00 bits per heavy atom. The minimum absolute atomic E-state index is 1.00. The zero-order valence-corrected chi connectivity index (χ0v) is 10.2. The number of hydrogen-bond acceptors (Lipinski definition) is 5. The van der Waals surface area contributed by atoms with E-state index in [0.717, 1.165) is 52.1 Å². The highest BCUT2D eigenvalue weighted by Crippen LogP contribution is 2.29. The Bertz CT molecular complexity index is 364. The largest absolute Gasteiger partial charge is 0.400 e. The molecule has 0 atom stereocenters. The van der Waals surface area contributed by atoms with Crippen molar-refractivity contribution in [3.8, 4) is 0 Å². The summed E-state index contributed by atoms with van der Waals surface area (Å²) in [6.45, 7) is 5.42. The zero-order valence-electron chi connectivity index (χ0n) is 10.2. The van der Waals surface area contributed by atoms with Gasteiger partial charge in [-0.3, -0.25) is 0 Å². The first kappa shape index (κ1) is 12.1. The Hall–Kier alpha value is -1.33. The van der Waals surface area contributed by atoms with Crippen LogP contribution >= 0.6 is 0 Å². The van der Waals surface area contributed by atoms with E-state index < -0.39 is 0 Å². The minimum atomic E-state index is 1.00. The Labute approximate surface area is 102 Å². The van der Waals surface area contributed by atoms with Gasteiger partial charge in [-0.05, 0) is 12.5 Å². The van der Waals surface area contributed by atoms with E-state index in [1.807, 2.05) is 6.20 Å². The molecule has 1 aromatic heterocycles. The van der Waals surface area contributed by atoms with Gasteiger partial charge in [0.15, 0.2) is 0 Å². The van der Waals surface area contributed by atoms with Gasteiger partial charge in [0.05, 0.1) is 0 Å². The molecule has 0 radical (unpaired) electrons. The van der Waals surface area contributed by atoms with E-state index >= 15 is 0 Å². The maximum atomic E-state index is 7.00. The summed E-state index contributed by atoms with van der Waals surface area (Å²) in [5.41, 5.74) is 2.78. The molecule has 0 spiro atoms. The molecule has 0 bridgehead atoms. The quantitative estimate of drug-likeness (QED) is 0.644. The van der Waals surface area contributed by atoms with Gasteiger partial charge in [0.25, 0.3) is 0 Å². The van der Waals surface area contributed by atoms with Gasteiger partial charge in [-0.25, -0.2) is 4.98 Å². The molecule has 2 aliphatic rings. The van der Waals surface area contributed by atoms with E-state index in [-0.39, 0.29) is 0 Å². The van der Waals surface area contributed by atoms with Crippen molar-refractivity contribution in [2.45, 2.75) is 6.42 Å². The van der Waals surface area contributed by atoms with Gasteiger partial charge >= 0.3 is 0 Å². The summed E-state index contributed by atoms with van der Waals surface area (Å²) in [5.74, 6) is 1.09. The van der Waals surface area contributed by atoms with Crippen LogP contribution in [0.1, 0.15) is 5.56 Å². The summed E-state index contributed by atoms with van der Waals surface area (Å²) < 4.78 is 0. The van der Waals surface area contributed by atoms with Crippen LogP contribution in [-0.2, 0) is 6.42 Å². The van der Waals surface area contributed by atoms with E-state index in [9.17, 15) is 0 Å². The molecule has 94 valence electrons. The van der Waals surface area contributed by atoms with Crippen LogP contribution < -0.4 is 15.5 Å². The summed E-state index contributed by atoms with van der Waals surface area (Å²) in [6, 6.07) is 2.15. The standard InChI is InChI=1S/C11H16N4.CH4O/c1-3-13-11-9(1)10(2-4-14-11)15-7-5-12-6-8-15;1-2/h2,4,12H,1,3,5-8H2,(H,13,14);2H,1H3. The van der Waals surface area contributed by atoms with Crippen LogP contribution in [0.3, 0.4) is 0 Å². The molecule has 3 rings (SSSR count). The summed E-state index contributed by atoms with van der Waals surface area (Å²) in [7, 11) is 1.00. The second-order valence-corrected chi connectivity index (χ2v) is 4.07. The molecule has 5 nitrogen and oxygen atoms in total. The number of nitrogens with zero attached hydrogens (tertiary/aromatic N) is 2. The molecule has 3 N–H and O–H groups in total. The van der Waals surface area contributed by atoms with E-state index in [4.69, 9.17) is 5.11 Å². The molecule has 0 aromatic carbocycles. The topological polar surface area (TPSA) is 60.4 Å². The van der Waals surface area contributed by atoms with Crippen molar-refractivity contribution < 1.29 is 5.11 Å². The van der Waals surface area contributed by atoms with Crippen molar-refractivity contribution >= 4 is 11.5 Å². The molecule has 1 saturated heterocycles. The van der Waals surface area contributed by atoms with Crippen molar-refractivity contribution in [1.82, 2.24) is 10.3 Å². The molecule has 0 amide bonds. The Morgan fingerprint density at radius 1 is 1.24 bits per heavy atom. The number of aromatic nitrogens is 1.